The van der Waals surface area contributed by atoms with Gasteiger partial charge in [0.1, 0.15) is 0 Å². The first-order chi connectivity index (χ1) is 2.89. The van der Waals surface area contributed by atoms with Crippen molar-refractivity contribution in [1.29, 1.82) is 0 Å². The van der Waals surface area contributed by atoms with E-state index in [-0.39, 0.29) is 35.5 Å². The van der Waals surface area contributed by atoms with E-state index in [1.54, 1.807) is 6.08 Å². The van der Waals surface area contributed by atoms with E-state index in [2.05, 4.69) is 5.32 Å². The second-order valence-corrected chi connectivity index (χ2v) is 1.11. The molecule has 7 heavy (non-hydrogen) atoms. The Kier molecular flexibility index (Phi) is 3.34. The Labute approximate surface area is 64.3 Å². The summed E-state index contributed by atoms with van der Waals surface area (Å²) in [6.45, 7) is 0. The van der Waals surface area contributed by atoms with Crippen molar-refractivity contribution < 1.29 is 34.4 Å². The number of carbonyl (C=O) groups is 1. The fourth-order valence-electron chi connectivity index (χ4n) is 0.342. The molecule has 0 radical (unpaired) electrons. The zero-order chi connectivity index (χ0) is 4.41. The Hall–Kier alpha value is 0.210. The van der Waals surface area contributed by atoms with Crippen LogP contribution in [-0.2, 0) is 4.79 Å². The average Bonchev–Trinajstić information content (AvgIpc) is 1.86. The maximum atomic E-state index is 10.0. The van der Waals surface area contributed by atoms with Crippen LogP contribution in [0.15, 0.2) is 12.3 Å². The first-order valence-electron chi connectivity index (χ1n) is 1.78. The number of hydrogen-bond donors (Lipinski definition) is 0. The Morgan fingerprint density at radius 1 is 1.71 bits per heavy atom. The fourth-order valence-corrected chi connectivity index (χ4v) is 0.342. The molecule has 1 heterocycles. The Morgan fingerprint density at radius 2 is 2.43 bits per heavy atom. The van der Waals surface area contributed by atoms with E-state index in [0.29, 0.717) is 6.42 Å². The molecule has 0 atom stereocenters. The molecule has 32 valence electrons. The molecule has 1 amide bonds. The minimum Gasteiger partial charge on any atom is -0.633 e. The second-order valence-electron chi connectivity index (χ2n) is 1.11. The zero-order valence-electron chi connectivity index (χ0n) is 4.22. The molecule has 0 aliphatic carbocycles. The monoisotopic (exact) mass is 105 g/mol. The van der Waals surface area contributed by atoms with Crippen molar-refractivity contribution >= 4 is 5.91 Å². The molecule has 0 unspecified atom stereocenters. The first kappa shape index (κ1) is 7.21. The third-order valence-electron chi connectivity index (χ3n) is 0.616. The van der Waals surface area contributed by atoms with Crippen molar-refractivity contribution in [3.8, 4) is 0 Å². The molecule has 1 aliphatic rings. The normalized spacial score (nSPS) is 15.7. The van der Waals surface area contributed by atoms with Gasteiger partial charge in [0.05, 0.1) is 5.91 Å². The van der Waals surface area contributed by atoms with Gasteiger partial charge in [-0.15, -0.1) is 6.08 Å². The van der Waals surface area contributed by atoms with Crippen LogP contribution in [-0.4, -0.2) is 5.91 Å². The molecule has 1 rings (SSSR count). The molecule has 0 aromatic carbocycles. The molecule has 1 aliphatic heterocycles. The van der Waals surface area contributed by atoms with Crippen molar-refractivity contribution in [2.75, 3.05) is 0 Å². The minimum atomic E-state index is -0.0324. The molecule has 0 fully saturated rings. The van der Waals surface area contributed by atoms with Crippen LogP contribution in [0.3, 0.4) is 0 Å². The van der Waals surface area contributed by atoms with Crippen molar-refractivity contribution in [2.45, 2.75) is 6.42 Å². The molecule has 0 saturated carbocycles. The van der Waals surface area contributed by atoms with Crippen LogP contribution in [0, 0.1) is 0 Å². The molecular weight excluding hydrogens is 101 g/mol. The van der Waals surface area contributed by atoms with Crippen molar-refractivity contribution in [3.63, 3.8) is 0 Å². The van der Waals surface area contributed by atoms with Gasteiger partial charge in [0.2, 0.25) is 0 Å². The molecule has 0 bridgehead atoms. The summed E-state index contributed by atoms with van der Waals surface area (Å²) in [5, 5.41) is 3.42. The van der Waals surface area contributed by atoms with Crippen LogP contribution in [0.1, 0.15) is 6.42 Å². The standard InChI is InChI=1S/C4H5NO.Na/c6-4-2-1-3-5-4;/h1,3H,2H2,(H,5,6);/q;+1/p-1. The summed E-state index contributed by atoms with van der Waals surface area (Å²) in [5.41, 5.74) is 0. The predicted molar refractivity (Wildman–Crippen MR) is 22.1 cm³/mol. The van der Waals surface area contributed by atoms with Gasteiger partial charge in [-0.3, -0.25) is 0 Å². The topological polar surface area (TPSA) is 31.2 Å². The third-order valence-corrected chi connectivity index (χ3v) is 0.616. The smallest absolute Gasteiger partial charge is 0.633 e. The number of amides is 1. The van der Waals surface area contributed by atoms with Crippen LogP contribution < -0.4 is 29.6 Å². The number of rotatable bonds is 0. The molecule has 0 N–H and O–H groups in total. The van der Waals surface area contributed by atoms with Gasteiger partial charge in [0.15, 0.2) is 0 Å². The Morgan fingerprint density at radius 3 is 2.57 bits per heavy atom. The van der Waals surface area contributed by atoms with Gasteiger partial charge >= 0.3 is 29.6 Å². The molecule has 0 aromatic heterocycles. The Bertz CT molecular complexity index is 89.9. The first-order valence-corrected chi connectivity index (χ1v) is 1.78. The summed E-state index contributed by atoms with van der Waals surface area (Å²) in [6, 6.07) is 0. The van der Waals surface area contributed by atoms with Gasteiger partial charge < -0.3 is 10.1 Å². The summed E-state index contributed by atoms with van der Waals surface area (Å²) in [6.07, 6.45) is 3.77. The second kappa shape index (κ2) is 3.24. The van der Waals surface area contributed by atoms with Crippen LogP contribution in [0.2, 0.25) is 0 Å². The van der Waals surface area contributed by atoms with Gasteiger partial charge in [-0.1, -0.05) is 0 Å². The van der Waals surface area contributed by atoms with Crippen LogP contribution in [0.25, 0.3) is 5.32 Å². The molecule has 0 spiro atoms. The number of carbonyl (C=O) groups excluding carboxylic acids is 1. The van der Waals surface area contributed by atoms with Gasteiger partial charge in [-0.05, 0) is 0 Å². The third kappa shape index (κ3) is 2.12. The fraction of sp³-hybridized carbons (Fsp3) is 0.250. The summed E-state index contributed by atoms with van der Waals surface area (Å²) >= 11 is 0. The average molecular weight is 105 g/mol. The predicted octanol–water partition coefficient (Wildman–Crippen LogP) is -2.19. The summed E-state index contributed by atoms with van der Waals surface area (Å²) in [5.74, 6) is -0.0324. The quantitative estimate of drug-likeness (QED) is 0.322. The maximum Gasteiger partial charge on any atom is 1.00 e. The van der Waals surface area contributed by atoms with E-state index in [1.165, 1.54) is 6.20 Å². The molecular formula is C4H4NNaO. The van der Waals surface area contributed by atoms with E-state index < -0.39 is 0 Å². The number of hydrogen-bond acceptors (Lipinski definition) is 1. The summed E-state index contributed by atoms with van der Waals surface area (Å²) < 4.78 is 0. The van der Waals surface area contributed by atoms with Gasteiger partial charge in [0.25, 0.3) is 0 Å². The van der Waals surface area contributed by atoms with E-state index in [9.17, 15) is 4.79 Å². The van der Waals surface area contributed by atoms with Crippen molar-refractivity contribution in [3.05, 3.63) is 17.6 Å². The van der Waals surface area contributed by atoms with E-state index in [0.717, 1.165) is 0 Å². The Balaban J connectivity index is 0.000000360. The SMILES string of the molecule is O=C1CC=C[N-]1.[Na+]. The largest absolute Gasteiger partial charge is 1.00 e. The van der Waals surface area contributed by atoms with Crippen molar-refractivity contribution in [1.82, 2.24) is 0 Å². The van der Waals surface area contributed by atoms with Gasteiger partial charge in [-0.25, -0.2) is 0 Å². The molecule has 0 saturated heterocycles. The van der Waals surface area contributed by atoms with Crippen LogP contribution in [0.4, 0.5) is 0 Å². The summed E-state index contributed by atoms with van der Waals surface area (Å²) in [4.78, 5) is 10.0. The van der Waals surface area contributed by atoms with E-state index in [4.69, 9.17) is 0 Å². The van der Waals surface area contributed by atoms with Gasteiger partial charge in [-0.2, -0.15) is 6.20 Å². The molecule has 2 nitrogen and oxygen atoms in total. The van der Waals surface area contributed by atoms with Crippen LogP contribution >= 0.6 is 0 Å². The number of nitrogens with zero attached hydrogens (tertiary/aromatic N) is 1. The van der Waals surface area contributed by atoms with Gasteiger partial charge in [0, 0.05) is 6.42 Å². The molecule has 3 heteroatoms. The van der Waals surface area contributed by atoms with Crippen LogP contribution in [0.5, 0.6) is 0 Å². The van der Waals surface area contributed by atoms with E-state index >= 15 is 0 Å². The van der Waals surface area contributed by atoms with E-state index in [1.807, 2.05) is 0 Å². The molecule has 0 aromatic rings. The summed E-state index contributed by atoms with van der Waals surface area (Å²) in [7, 11) is 0. The maximum absolute atomic E-state index is 10.0. The van der Waals surface area contributed by atoms with Crippen molar-refractivity contribution in [2.24, 2.45) is 0 Å². The zero-order valence-corrected chi connectivity index (χ0v) is 6.22. The minimum absolute atomic E-state index is 0.